The number of benzene rings is 2. The van der Waals surface area contributed by atoms with E-state index in [-0.39, 0.29) is 19.1 Å². The smallest absolute Gasteiger partial charge is 0.313 e. The molecule has 132 valence electrons. The number of carbonyl (C=O) groups is 2. The molecule has 2 aromatic rings. The Morgan fingerprint density at radius 2 is 1.96 bits per heavy atom. The number of methoxy groups -OCH3 is 1. The van der Waals surface area contributed by atoms with Gasteiger partial charge in [0.2, 0.25) is 5.91 Å². The molecule has 25 heavy (non-hydrogen) atoms. The van der Waals surface area contributed by atoms with Gasteiger partial charge in [0.15, 0.2) is 0 Å². The molecule has 0 spiro atoms. The van der Waals surface area contributed by atoms with Crippen molar-refractivity contribution in [3.63, 3.8) is 0 Å². The number of carbonyl (C=O) groups excluding carboxylic acids is 1. The number of rotatable bonds is 6. The van der Waals surface area contributed by atoms with E-state index < -0.39 is 11.4 Å². The molecule has 5 nitrogen and oxygen atoms in total. The number of ether oxygens (including phenoxy) is 1. The lowest BCUT2D eigenvalue weighted by atomic mass is 9.88. The van der Waals surface area contributed by atoms with Crippen molar-refractivity contribution < 1.29 is 19.4 Å². The first-order valence-corrected chi connectivity index (χ1v) is 8.52. The van der Waals surface area contributed by atoms with Gasteiger partial charge in [0.25, 0.3) is 0 Å². The molecule has 1 aliphatic heterocycles. The van der Waals surface area contributed by atoms with Crippen LogP contribution in [0, 0.1) is 5.41 Å². The predicted molar refractivity (Wildman–Crippen MR) is 95.4 cm³/mol. The van der Waals surface area contributed by atoms with Crippen molar-refractivity contribution in [3.05, 3.63) is 48.0 Å². The van der Waals surface area contributed by atoms with Gasteiger partial charge in [-0.2, -0.15) is 0 Å². The fourth-order valence-electron chi connectivity index (χ4n) is 3.52. The molecule has 0 bridgehead atoms. The van der Waals surface area contributed by atoms with Crippen LogP contribution in [0.5, 0.6) is 0 Å². The zero-order valence-electron chi connectivity index (χ0n) is 14.4. The van der Waals surface area contributed by atoms with Gasteiger partial charge in [0.05, 0.1) is 6.61 Å². The Labute approximate surface area is 147 Å². The first-order valence-electron chi connectivity index (χ1n) is 8.52. The van der Waals surface area contributed by atoms with Gasteiger partial charge >= 0.3 is 5.97 Å². The van der Waals surface area contributed by atoms with E-state index in [1.165, 1.54) is 17.9 Å². The third kappa shape index (κ3) is 3.66. The molecule has 1 saturated heterocycles. The minimum atomic E-state index is -0.965. The predicted octanol–water partition coefficient (Wildman–Crippen LogP) is 2.72. The Kier molecular flexibility index (Phi) is 5.04. The average Bonchev–Trinajstić information content (AvgIpc) is 3.05. The van der Waals surface area contributed by atoms with Crippen molar-refractivity contribution in [2.45, 2.75) is 19.3 Å². The second-order valence-electron chi connectivity index (χ2n) is 6.77. The van der Waals surface area contributed by atoms with Crippen LogP contribution < -0.4 is 0 Å². The summed E-state index contributed by atoms with van der Waals surface area (Å²) in [7, 11) is 1.49. The summed E-state index contributed by atoms with van der Waals surface area (Å²) >= 11 is 0. The molecule has 0 aromatic heterocycles. The maximum Gasteiger partial charge on any atom is 0.313 e. The van der Waals surface area contributed by atoms with Crippen LogP contribution in [-0.4, -0.2) is 48.7 Å². The first kappa shape index (κ1) is 17.4. The van der Waals surface area contributed by atoms with Gasteiger partial charge in [0, 0.05) is 26.6 Å². The Balaban J connectivity index is 1.61. The van der Waals surface area contributed by atoms with E-state index in [1.807, 2.05) is 18.2 Å². The van der Waals surface area contributed by atoms with E-state index in [9.17, 15) is 14.7 Å². The molecule has 1 fully saturated rings. The SMILES string of the molecule is COCC1(C(=O)O)CCN(C(=O)CCc2ccc3ccccc3c2)C1. The van der Waals surface area contributed by atoms with Gasteiger partial charge in [0.1, 0.15) is 5.41 Å². The number of amides is 1. The standard InChI is InChI=1S/C20H23NO4/c1-25-14-20(19(23)24)10-11-21(13-20)18(22)9-7-15-6-8-16-4-2-3-5-17(16)12-15/h2-6,8,12H,7,9-11,13-14H2,1H3,(H,23,24). The van der Waals surface area contributed by atoms with Crippen molar-refractivity contribution in [3.8, 4) is 0 Å². The summed E-state index contributed by atoms with van der Waals surface area (Å²) in [5.74, 6) is -0.883. The van der Waals surface area contributed by atoms with Crippen molar-refractivity contribution in [2.75, 3.05) is 26.8 Å². The summed E-state index contributed by atoms with van der Waals surface area (Å²) in [5.41, 5.74) is 0.153. The number of fused-ring (bicyclic) bond motifs is 1. The van der Waals surface area contributed by atoms with E-state index in [1.54, 1.807) is 4.90 Å². The van der Waals surface area contributed by atoms with Crippen molar-refractivity contribution >= 4 is 22.6 Å². The van der Waals surface area contributed by atoms with Crippen molar-refractivity contribution in [1.82, 2.24) is 4.90 Å². The van der Waals surface area contributed by atoms with Crippen LogP contribution in [0.4, 0.5) is 0 Å². The molecule has 1 heterocycles. The minimum Gasteiger partial charge on any atom is -0.481 e. The van der Waals surface area contributed by atoms with Gasteiger partial charge in [-0.1, -0.05) is 42.5 Å². The largest absolute Gasteiger partial charge is 0.481 e. The Morgan fingerprint density at radius 1 is 1.20 bits per heavy atom. The minimum absolute atomic E-state index is 0.00684. The normalized spacial score (nSPS) is 20.1. The molecule has 0 saturated carbocycles. The van der Waals surface area contributed by atoms with Crippen molar-refractivity contribution in [2.24, 2.45) is 5.41 Å². The molecular formula is C20H23NO4. The molecule has 1 aliphatic rings. The summed E-state index contributed by atoms with van der Waals surface area (Å²) in [6.07, 6.45) is 1.49. The van der Waals surface area contributed by atoms with Crippen LogP contribution in [0.2, 0.25) is 0 Å². The number of carboxylic acid groups (broad SMARTS) is 1. The molecule has 1 unspecified atom stereocenters. The molecule has 2 aromatic carbocycles. The highest BCUT2D eigenvalue weighted by Crippen LogP contribution is 2.31. The van der Waals surface area contributed by atoms with Crippen LogP contribution >= 0.6 is 0 Å². The van der Waals surface area contributed by atoms with Crippen LogP contribution in [-0.2, 0) is 20.7 Å². The summed E-state index contributed by atoms with van der Waals surface area (Å²) in [6.45, 7) is 0.843. The van der Waals surface area contributed by atoms with Crippen molar-refractivity contribution in [1.29, 1.82) is 0 Å². The summed E-state index contributed by atoms with van der Waals surface area (Å²) in [5, 5.41) is 11.8. The number of nitrogens with zero attached hydrogens (tertiary/aromatic N) is 1. The third-order valence-electron chi connectivity index (χ3n) is 5.02. The van der Waals surface area contributed by atoms with E-state index in [0.29, 0.717) is 25.8 Å². The zero-order valence-corrected chi connectivity index (χ0v) is 14.4. The van der Waals surface area contributed by atoms with Crippen LogP contribution in [0.25, 0.3) is 10.8 Å². The van der Waals surface area contributed by atoms with E-state index in [2.05, 4.69) is 24.3 Å². The summed E-state index contributed by atoms with van der Waals surface area (Å²) < 4.78 is 5.07. The maximum atomic E-state index is 12.5. The second-order valence-corrected chi connectivity index (χ2v) is 6.77. The van der Waals surface area contributed by atoms with Gasteiger partial charge < -0.3 is 14.7 Å². The van der Waals surface area contributed by atoms with Gasteiger partial charge in [-0.05, 0) is 29.2 Å². The quantitative estimate of drug-likeness (QED) is 0.877. The van der Waals surface area contributed by atoms with E-state index >= 15 is 0 Å². The molecule has 0 aliphatic carbocycles. The number of likely N-dealkylation sites (tertiary alicyclic amines) is 1. The molecule has 1 atom stereocenters. The second kappa shape index (κ2) is 7.23. The average molecular weight is 341 g/mol. The Bertz CT molecular complexity index is 788. The Hall–Kier alpha value is -2.40. The third-order valence-corrected chi connectivity index (χ3v) is 5.02. The van der Waals surface area contributed by atoms with E-state index in [4.69, 9.17) is 4.74 Å². The molecule has 5 heteroatoms. The highest BCUT2D eigenvalue weighted by atomic mass is 16.5. The number of hydrogen-bond donors (Lipinski definition) is 1. The van der Waals surface area contributed by atoms with Gasteiger partial charge in [-0.3, -0.25) is 9.59 Å². The molecule has 3 rings (SSSR count). The highest BCUT2D eigenvalue weighted by Gasteiger charge is 2.46. The van der Waals surface area contributed by atoms with Crippen LogP contribution in [0.15, 0.2) is 42.5 Å². The summed E-state index contributed by atoms with van der Waals surface area (Å²) in [4.78, 5) is 25.7. The van der Waals surface area contributed by atoms with Gasteiger partial charge in [-0.25, -0.2) is 0 Å². The molecule has 0 radical (unpaired) electrons. The maximum absolute atomic E-state index is 12.5. The lowest BCUT2D eigenvalue weighted by molar-refractivity contribution is -0.151. The van der Waals surface area contributed by atoms with E-state index in [0.717, 1.165) is 5.56 Å². The highest BCUT2D eigenvalue weighted by molar-refractivity contribution is 5.83. The molecule has 1 N–H and O–H groups in total. The Morgan fingerprint density at radius 3 is 2.68 bits per heavy atom. The monoisotopic (exact) mass is 341 g/mol. The number of aliphatic carboxylic acids is 1. The van der Waals surface area contributed by atoms with Crippen LogP contribution in [0.3, 0.4) is 0 Å². The van der Waals surface area contributed by atoms with Crippen LogP contribution in [0.1, 0.15) is 18.4 Å². The number of aryl methyl sites for hydroxylation is 1. The van der Waals surface area contributed by atoms with Gasteiger partial charge in [-0.15, -0.1) is 0 Å². The fourth-order valence-corrected chi connectivity index (χ4v) is 3.52. The molecule has 1 amide bonds. The lowest BCUT2D eigenvalue weighted by Crippen LogP contribution is -2.40. The zero-order chi connectivity index (χ0) is 17.9. The lowest BCUT2D eigenvalue weighted by Gasteiger charge is -2.23. The number of hydrogen-bond acceptors (Lipinski definition) is 3. The topological polar surface area (TPSA) is 66.8 Å². The number of carboxylic acids is 1. The first-order chi connectivity index (χ1) is 12.0. The molecular weight excluding hydrogens is 318 g/mol. The summed E-state index contributed by atoms with van der Waals surface area (Å²) in [6, 6.07) is 14.4. The fraction of sp³-hybridized carbons (Fsp3) is 0.400.